The van der Waals surface area contributed by atoms with Crippen LogP contribution < -0.4 is 0 Å². The number of hydrogen-bond acceptors (Lipinski definition) is 3. The van der Waals surface area contributed by atoms with Crippen LogP contribution in [0.3, 0.4) is 0 Å². The Kier molecular flexibility index (Phi) is 4.26. The molecule has 2 unspecified atom stereocenters. The fourth-order valence-electron chi connectivity index (χ4n) is 3.52. The molecule has 1 saturated carbocycles. The SMILES string of the molecule is CC(C)OC(=O)C1OC1(C)c1ccc(C2CCCCC2)cc1. The van der Waals surface area contributed by atoms with Gasteiger partial charge in [-0.05, 0) is 50.7 Å². The van der Waals surface area contributed by atoms with Crippen molar-refractivity contribution in [2.45, 2.75) is 76.6 Å². The maximum Gasteiger partial charge on any atom is 0.338 e. The molecule has 0 aromatic heterocycles. The summed E-state index contributed by atoms with van der Waals surface area (Å²) in [7, 11) is 0. The van der Waals surface area contributed by atoms with E-state index in [9.17, 15) is 4.79 Å². The molecule has 3 heteroatoms. The second-order valence-corrected chi connectivity index (χ2v) is 7.05. The van der Waals surface area contributed by atoms with Crippen LogP contribution in [-0.4, -0.2) is 18.2 Å². The third-order valence-electron chi connectivity index (χ3n) is 4.93. The molecule has 0 bridgehead atoms. The minimum absolute atomic E-state index is 0.102. The summed E-state index contributed by atoms with van der Waals surface area (Å²) in [6.07, 6.45) is 6.10. The van der Waals surface area contributed by atoms with Crippen molar-refractivity contribution in [2.24, 2.45) is 0 Å². The second kappa shape index (κ2) is 6.04. The topological polar surface area (TPSA) is 38.8 Å². The summed E-state index contributed by atoms with van der Waals surface area (Å²) in [6.45, 7) is 5.68. The Labute approximate surface area is 133 Å². The van der Waals surface area contributed by atoms with Gasteiger partial charge in [-0.15, -0.1) is 0 Å². The highest BCUT2D eigenvalue weighted by molar-refractivity contribution is 5.80. The largest absolute Gasteiger partial charge is 0.461 e. The molecule has 1 saturated heterocycles. The summed E-state index contributed by atoms with van der Waals surface area (Å²) >= 11 is 0. The normalized spacial score (nSPS) is 28.6. The minimum Gasteiger partial charge on any atom is -0.461 e. The van der Waals surface area contributed by atoms with Crippen LogP contribution in [0.5, 0.6) is 0 Å². The lowest BCUT2D eigenvalue weighted by atomic mass is 9.83. The lowest BCUT2D eigenvalue weighted by Gasteiger charge is -2.22. The average molecular weight is 302 g/mol. The van der Waals surface area contributed by atoms with Crippen LogP contribution in [-0.2, 0) is 19.9 Å². The van der Waals surface area contributed by atoms with Crippen LogP contribution in [0.2, 0.25) is 0 Å². The van der Waals surface area contributed by atoms with Crippen LogP contribution in [0.15, 0.2) is 24.3 Å². The molecular formula is C19H26O3. The van der Waals surface area contributed by atoms with Crippen LogP contribution in [0, 0.1) is 0 Å². The molecule has 0 N–H and O–H groups in total. The quantitative estimate of drug-likeness (QED) is 0.615. The van der Waals surface area contributed by atoms with Crippen LogP contribution in [0.1, 0.15) is 69.9 Å². The van der Waals surface area contributed by atoms with Crippen molar-refractivity contribution in [1.29, 1.82) is 0 Å². The molecule has 120 valence electrons. The summed E-state index contributed by atoms with van der Waals surface area (Å²) in [5.41, 5.74) is 1.98. The van der Waals surface area contributed by atoms with Gasteiger partial charge in [0, 0.05) is 0 Å². The van der Waals surface area contributed by atoms with Gasteiger partial charge in [-0.25, -0.2) is 4.79 Å². The van der Waals surface area contributed by atoms with Crippen molar-refractivity contribution < 1.29 is 14.3 Å². The highest BCUT2D eigenvalue weighted by atomic mass is 16.7. The Morgan fingerprint density at radius 2 is 1.82 bits per heavy atom. The van der Waals surface area contributed by atoms with Gasteiger partial charge in [-0.3, -0.25) is 0 Å². The third-order valence-corrected chi connectivity index (χ3v) is 4.93. The number of esters is 1. The van der Waals surface area contributed by atoms with Gasteiger partial charge in [-0.2, -0.15) is 0 Å². The zero-order valence-corrected chi connectivity index (χ0v) is 13.8. The fourth-order valence-corrected chi connectivity index (χ4v) is 3.52. The molecule has 1 heterocycles. The van der Waals surface area contributed by atoms with E-state index in [1.165, 1.54) is 37.7 Å². The molecular weight excluding hydrogens is 276 g/mol. The second-order valence-electron chi connectivity index (χ2n) is 7.05. The molecule has 3 nitrogen and oxygen atoms in total. The molecule has 2 fully saturated rings. The van der Waals surface area contributed by atoms with Crippen molar-refractivity contribution in [1.82, 2.24) is 0 Å². The van der Waals surface area contributed by atoms with E-state index in [1.54, 1.807) is 0 Å². The van der Waals surface area contributed by atoms with Gasteiger partial charge in [0.2, 0.25) is 0 Å². The van der Waals surface area contributed by atoms with Gasteiger partial charge in [0.25, 0.3) is 0 Å². The van der Waals surface area contributed by atoms with Gasteiger partial charge < -0.3 is 9.47 Å². The number of epoxide rings is 1. The van der Waals surface area contributed by atoms with E-state index in [-0.39, 0.29) is 12.1 Å². The summed E-state index contributed by atoms with van der Waals surface area (Å²) < 4.78 is 10.9. The molecule has 2 aliphatic rings. The van der Waals surface area contributed by atoms with E-state index < -0.39 is 11.7 Å². The maximum atomic E-state index is 12.0. The Bertz CT molecular complexity index is 528. The molecule has 22 heavy (non-hydrogen) atoms. The van der Waals surface area contributed by atoms with E-state index in [0.29, 0.717) is 5.92 Å². The lowest BCUT2D eigenvalue weighted by molar-refractivity contribution is -0.148. The molecule has 1 aliphatic heterocycles. The number of carbonyl (C=O) groups is 1. The number of hydrogen-bond donors (Lipinski definition) is 0. The molecule has 1 aromatic carbocycles. The summed E-state index contributed by atoms with van der Waals surface area (Å²) in [5.74, 6) is 0.450. The maximum absolute atomic E-state index is 12.0. The van der Waals surface area contributed by atoms with Gasteiger partial charge >= 0.3 is 5.97 Å². The molecule has 3 rings (SSSR count). The highest BCUT2D eigenvalue weighted by Crippen LogP contribution is 2.47. The Morgan fingerprint density at radius 1 is 1.18 bits per heavy atom. The lowest BCUT2D eigenvalue weighted by Crippen LogP contribution is -2.21. The predicted molar refractivity (Wildman–Crippen MR) is 85.7 cm³/mol. The smallest absolute Gasteiger partial charge is 0.338 e. The first-order valence-corrected chi connectivity index (χ1v) is 8.49. The van der Waals surface area contributed by atoms with Crippen LogP contribution in [0.25, 0.3) is 0 Å². The monoisotopic (exact) mass is 302 g/mol. The predicted octanol–water partition coefficient (Wildman–Crippen LogP) is 4.30. The standard InChI is InChI=1S/C19H26O3/c1-13(2)21-18(20)17-19(3,22-17)16-11-9-15(10-12-16)14-7-5-4-6-8-14/h9-14,17H,4-8H2,1-3H3. The molecule has 0 spiro atoms. The minimum atomic E-state index is -0.517. The first kappa shape index (κ1) is 15.5. The zero-order chi connectivity index (χ0) is 15.7. The summed E-state index contributed by atoms with van der Waals surface area (Å²) in [5, 5.41) is 0. The fraction of sp³-hybridized carbons (Fsp3) is 0.632. The van der Waals surface area contributed by atoms with E-state index in [2.05, 4.69) is 24.3 Å². The van der Waals surface area contributed by atoms with E-state index in [4.69, 9.17) is 9.47 Å². The molecule has 1 aromatic rings. The van der Waals surface area contributed by atoms with Gasteiger partial charge in [0.1, 0.15) is 5.60 Å². The number of carbonyl (C=O) groups excluding carboxylic acids is 1. The van der Waals surface area contributed by atoms with Crippen molar-refractivity contribution in [3.8, 4) is 0 Å². The van der Waals surface area contributed by atoms with Gasteiger partial charge in [-0.1, -0.05) is 43.5 Å². The third kappa shape index (κ3) is 3.05. The average Bonchev–Trinajstić information content (AvgIpc) is 3.21. The van der Waals surface area contributed by atoms with Crippen LogP contribution in [0.4, 0.5) is 0 Å². The number of ether oxygens (including phenoxy) is 2. The van der Waals surface area contributed by atoms with E-state index in [0.717, 1.165) is 5.56 Å². The van der Waals surface area contributed by atoms with Crippen LogP contribution >= 0.6 is 0 Å². The summed E-state index contributed by atoms with van der Waals surface area (Å²) in [4.78, 5) is 12.0. The summed E-state index contributed by atoms with van der Waals surface area (Å²) in [6, 6.07) is 8.66. The zero-order valence-electron chi connectivity index (χ0n) is 13.8. The van der Waals surface area contributed by atoms with Gasteiger partial charge in [0.05, 0.1) is 6.10 Å². The first-order valence-electron chi connectivity index (χ1n) is 8.49. The number of rotatable bonds is 4. The highest BCUT2D eigenvalue weighted by Gasteiger charge is 2.59. The first-order chi connectivity index (χ1) is 10.5. The van der Waals surface area contributed by atoms with Crippen molar-refractivity contribution >= 4 is 5.97 Å². The van der Waals surface area contributed by atoms with E-state index in [1.807, 2.05) is 20.8 Å². The van der Waals surface area contributed by atoms with Crippen molar-refractivity contribution in [3.05, 3.63) is 35.4 Å². The van der Waals surface area contributed by atoms with Gasteiger partial charge in [0.15, 0.2) is 6.10 Å². The molecule has 0 radical (unpaired) electrons. The molecule has 0 amide bonds. The van der Waals surface area contributed by atoms with Crippen molar-refractivity contribution in [2.75, 3.05) is 0 Å². The molecule has 2 atom stereocenters. The van der Waals surface area contributed by atoms with E-state index >= 15 is 0 Å². The Morgan fingerprint density at radius 3 is 2.41 bits per heavy atom. The van der Waals surface area contributed by atoms with Crippen molar-refractivity contribution in [3.63, 3.8) is 0 Å². The Balaban J connectivity index is 1.67. The Hall–Kier alpha value is -1.35. The molecule has 1 aliphatic carbocycles. The number of benzene rings is 1.